The second-order valence-corrected chi connectivity index (χ2v) is 6.94. The van der Waals surface area contributed by atoms with Crippen LogP contribution in [0.25, 0.3) is 17.0 Å². The number of aromatic nitrogens is 4. The molecule has 0 saturated carbocycles. The fourth-order valence-electron chi connectivity index (χ4n) is 2.33. The van der Waals surface area contributed by atoms with Crippen molar-refractivity contribution in [2.45, 2.75) is 33.7 Å². The normalized spacial score (nSPS) is 13.0. The molecule has 3 rings (SSSR count). The van der Waals surface area contributed by atoms with Crippen molar-refractivity contribution in [3.63, 3.8) is 0 Å². The molecule has 0 aromatic carbocycles. The van der Waals surface area contributed by atoms with Crippen molar-refractivity contribution in [2.75, 3.05) is 0 Å². The third kappa shape index (κ3) is 2.99. The van der Waals surface area contributed by atoms with Gasteiger partial charge >= 0.3 is 11.7 Å². The average Bonchev–Trinajstić information content (AvgIpc) is 2.94. The number of hydrogen-bond donors (Lipinski definition) is 2. The monoisotopic (exact) mass is 324 g/mol. The largest absolute Gasteiger partial charge is 0.351 e. The number of aromatic amines is 1. The molecule has 3 heterocycles. The quantitative estimate of drug-likeness (QED) is 0.726. The van der Waals surface area contributed by atoms with Crippen molar-refractivity contribution in [1.29, 1.82) is 0 Å². The van der Waals surface area contributed by atoms with Crippen LogP contribution in [0.15, 0.2) is 42.9 Å². The summed E-state index contributed by atoms with van der Waals surface area (Å²) in [4.78, 5) is 24.5. The topological polar surface area (TPSA) is 74.8 Å². The standard InChI is InChI=1S/C18H21N5O/c1-12(18(2,3)4)21-17(24)16-22-14(15-19-9-7-10-20-15)13-8-5-6-11-23(13)16/h5-12H,1-4H3,(H,21,24)/p+1. The highest BCUT2D eigenvalue weighted by atomic mass is 16.2. The first kappa shape index (κ1) is 16.1. The van der Waals surface area contributed by atoms with E-state index in [1.54, 1.807) is 18.5 Å². The highest BCUT2D eigenvalue weighted by Gasteiger charge is 2.29. The molecule has 124 valence electrons. The SMILES string of the molecule is CC(NC(=O)c1[nH]c(-c2ncccn2)c2cccc[n+]12)C(C)(C)C. The summed E-state index contributed by atoms with van der Waals surface area (Å²) in [5.74, 6) is 0.870. The van der Waals surface area contributed by atoms with E-state index in [4.69, 9.17) is 0 Å². The predicted octanol–water partition coefficient (Wildman–Crippen LogP) is 2.37. The fourth-order valence-corrected chi connectivity index (χ4v) is 2.33. The lowest BCUT2D eigenvalue weighted by atomic mass is 9.88. The number of nitrogens with zero attached hydrogens (tertiary/aromatic N) is 3. The van der Waals surface area contributed by atoms with E-state index in [1.165, 1.54) is 0 Å². The molecule has 6 heteroatoms. The maximum atomic E-state index is 12.8. The van der Waals surface area contributed by atoms with Crippen molar-refractivity contribution in [3.8, 4) is 11.5 Å². The van der Waals surface area contributed by atoms with Crippen LogP contribution in [0.3, 0.4) is 0 Å². The first-order valence-corrected chi connectivity index (χ1v) is 7.98. The van der Waals surface area contributed by atoms with Gasteiger partial charge in [-0.05, 0) is 30.5 Å². The minimum Gasteiger partial charge on any atom is -0.343 e. The molecule has 1 atom stereocenters. The highest BCUT2D eigenvalue weighted by Crippen LogP contribution is 2.20. The second-order valence-electron chi connectivity index (χ2n) is 6.94. The van der Waals surface area contributed by atoms with E-state index in [1.807, 2.05) is 35.7 Å². The number of carbonyl (C=O) groups excluding carboxylic acids is 1. The van der Waals surface area contributed by atoms with Crippen molar-refractivity contribution >= 4 is 11.4 Å². The maximum absolute atomic E-state index is 12.8. The summed E-state index contributed by atoms with van der Waals surface area (Å²) in [6.45, 7) is 8.30. The number of H-pyrrole nitrogens is 1. The Labute approximate surface area is 141 Å². The predicted molar refractivity (Wildman–Crippen MR) is 91.4 cm³/mol. The van der Waals surface area contributed by atoms with Crippen LogP contribution >= 0.6 is 0 Å². The number of imidazole rings is 1. The number of nitrogens with one attached hydrogen (secondary N) is 2. The number of pyridine rings is 1. The zero-order chi connectivity index (χ0) is 17.3. The molecule has 0 spiro atoms. The number of carbonyl (C=O) groups is 1. The van der Waals surface area contributed by atoms with Crippen molar-refractivity contribution in [2.24, 2.45) is 5.41 Å². The number of hydrogen-bond acceptors (Lipinski definition) is 3. The van der Waals surface area contributed by atoms with Crippen molar-refractivity contribution in [1.82, 2.24) is 20.3 Å². The van der Waals surface area contributed by atoms with Gasteiger partial charge in [0.15, 0.2) is 5.52 Å². The summed E-state index contributed by atoms with van der Waals surface area (Å²) in [6, 6.07) is 7.55. The van der Waals surface area contributed by atoms with Crippen molar-refractivity contribution in [3.05, 3.63) is 48.7 Å². The van der Waals surface area contributed by atoms with Crippen molar-refractivity contribution < 1.29 is 9.20 Å². The Bertz CT molecular complexity index is 864. The van der Waals surface area contributed by atoms with Gasteiger partial charge in [-0.1, -0.05) is 26.8 Å². The van der Waals surface area contributed by atoms with Gasteiger partial charge in [-0.25, -0.2) is 15.0 Å². The molecule has 6 nitrogen and oxygen atoms in total. The van der Waals surface area contributed by atoms with Gasteiger partial charge in [0.1, 0.15) is 0 Å². The molecule has 0 aliphatic heterocycles. The lowest BCUT2D eigenvalue weighted by molar-refractivity contribution is -0.514. The molecule has 0 aliphatic carbocycles. The summed E-state index contributed by atoms with van der Waals surface area (Å²) in [5, 5.41) is 3.06. The van der Waals surface area contributed by atoms with E-state index >= 15 is 0 Å². The van der Waals surface area contributed by atoms with Gasteiger partial charge in [-0.15, -0.1) is 0 Å². The van der Waals surface area contributed by atoms with E-state index in [9.17, 15) is 4.79 Å². The zero-order valence-corrected chi connectivity index (χ0v) is 14.4. The molecule has 0 saturated heterocycles. The van der Waals surface area contributed by atoms with E-state index in [0.717, 1.165) is 11.2 Å². The Morgan fingerprint density at radius 3 is 2.58 bits per heavy atom. The first-order valence-electron chi connectivity index (χ1n) is 7.98. The van der Waals surface area contributed by atoms with Gasteiger partial charge in [-0.2, -0.15) is 4.40 Å². The Hall–Kier alpha value is -2.76. The van der Waals surface area contributed by atoms with Crippen LogP contribution in [-0.2, 0) is 0 Å². The van der Waals surface area contributed by atoms with Crippen LogP contribution in [0.1, 0.15) is 38.3 Å². The van der Waals surface area contributed by atoms with Gasteiger partial charge in [0.05, 0.1) is 6.20 Å². The molecule has 24 heavy (non-hydrogen) atoms. The van der Waals surface area contributed by atoms with Gasteiger partial charge < -0.3 is 5.32 Å². The maximum Gasteiger partial charge on any atom is 0.351 e. The number of rotatable bonds is 3. The van der Waals surface area contributed by atoms with Crippen LogP contribution in [-0.4, -0.2) is 26.9 Å². The van der Waals surface area contributed by atoms with E-state index in [-0.39, 0.29) is 17.4 Å². The molecule has 1 amide bonds. The second kappa shape index (κ2) is 6.03. The lowest BCUT2D eigenvalue weighted by Gasteiger charge is -2.27. The minimum absolute atomic E-state index is 0.0197. The van der Waals surface area contributed by atoms with E-state index < -0.39 is 0 Å². The van der Waals surface area contributed by atoms with Crippen LogP contribution in [0, 0.1) is 5.41 Å². The summed E-state index contributed by atoms with van der Waals surface area (Å²) in [5.41, 5.74) is 1.57. The van der Waals surface area contributed by atoms with Gasteiger partial charge in [0, 0.05) is 18.4 Å². The summed E-state index contributed by atoms with van der Waals surface area (Å²) in [7, 11) is 0. The van der Waals surface area contributed by atoms with Crippen LogP contribution in [0.5, 0.6) is 0 Å². The Kier molecular flexibility index (Phi) is 4.05. The molecule has 0 fully saturated rings. The molecule has 0 radical (unpaired) electrons. The molecule has 3 aromatic heterocycles. The first-order chi connectivity index (χ1) is 11.4. The molecular weight excluding hydrogens is 302 g/mol. The molecular formula is C18H22N5O+. The molecule has 0 bridgehead atoms. The summed E-state index contributed by atoms with van der Waals surface area (Å²) < 4.78 is 1.83. The zero-order valence-electron chi connectivity index (χ0n) is 14.4. The molecule has 1 unspecified atom stereocenters. The Morgan fingerprint density at radius 2 is 1.92 bits per heavy atom. The molecule has 0 aliphatic rings. The third-order valence-corrected chi connectivity index (χ3v) is 4.25. The minimum atomic E-state index is -0.152. The van der Waals surface area contributed by atoms with E-state index in [0.29, 0.717) is 11.6 Å². The third-order valence-electron chi connectivity index (χ3n) is 4.25. The van der Waals surface area contributed by atoms with Crippen LogP contribution in [0.4, 0.5) is 0 Å². The number of fused-ring (bicyclic) bond motifs is 1. The van der Waals surface area contributed by atoms with Gasteiger partial charge in [-0.3, -0.25) is 4.79 Å². The number of amides is 1. The van der Waals surface area contributed by atoms with Crippen LogP contribution < -0.4 is 9.72 Å². The van der Waals surface area contributed by atoms with Gasteiger partial charge in [0.2, 0.25) is 11.5 Å². The van der Waals surface area contributed by atoms with Crippen LogP contribution in [0.2, 0.25) is 0 Å². The smallest absolute Gasteiger partial charge is 0.343 e. The lowest BCUT2D eigenvalue weighted by Crippen LogP contribution is -2.44. The Balaban J connectivity index is 2.05. The van der Waals surface area contributed by atoms with E-state index in [2.05, 4.69) is 41.0 Å². The molecule has 3 aromatic rings. The molecule has 2 N–H and O–H groups in total. The van der Waals surface area contributed by atoms with Gasteiger partial charge in [0.25, 0.3) is 0 Å². The summed E-state index contributed by atoms with van der Waals surface area (Å²) in [6.07, 6.45) is 5.23. The fraction of sp³-hybridized carbons (Fsp3) is 0.333. The average molecular weight is 324 g/mol. The summed E-state index contributed by atoms with van der Waals surface area (Å²) >= 11 is 0. The Morgan fingerprint density at radius 1 is 1.21 bits per heavy atom. The highest BCUT2D eigenvalue weighted by molar-refractivity contribution is 5.91.